The molecule has 8 nitrogen and oxygen atoms in total. The van der Waals surface area contributed by atoms with E-state index in [1.165, 1.54) is 13.3 Å². The number of thiazole rings is 1. The zero-order chi connectivity index (χ0) is 21.0. The Labute approximate surface area is 172 Å². The monoisotopic (exact) mass is 411 g/mol. The van der Waals surface area contributed by atoms with Gasteiger partial charge in [0.1, 0.15) is 5.82 Å². The largest absolute Gasteiger partial charge is 0.465 e. The first-order valence-corrected chi connectivity index (χ1v) is 9.77. The van der Waals surface area contributed by atoms with Crippen molar-refractivity contribution in [3.63, 3.8) is 0 Å². The lowest BCUT2D eigenvalue weighted by atomic mass is 10.0. The van der Waals surface area contributed by atoms with Crippen LogP contribution in [0.1, 0.15) is 28.0 Å². The van der Waals surface area contributed by atoms with Gasteiger partial charge in [0.15, 0.2) is 0 Å². The SMILES string of the molecule is CCNC(=O)Nc1cc(-c2sc(C)nc2C)c(-c2cncc(C(=O)OC)c2)cn1. The Kier molecular flexibility index (Phi) is 6.18. The van der Waals surface area contributed by atoms with Gasteiger partial charge in [-0.25, -0.2) is 19.6 Å². The van der Waals surface area contributed by atoms with Crippen molar-refractivity contribution < 1.29 is 14.3 Å². The summed E-state index contributed by atoms with van der Waals surface area (Å²) < 4.78 is 4.79. The molecule has 0 aliphatic rings. The Morgan fingerprint density at radius 1 is 1.14 bits per heavy atom. The predicted molar refractivity (Wildman–Crippen MR) is 112 cm³/mol. The molecule has 0 unspecified atom stereocenters. The average Bonchev–Trinajstić information content (AvgIpc) is 3.05. The molecule has 0 fully saturated rings. The summed E-state index contributed by atoms with van der Waals surface area (Å²) in [7, 11) is 1.33. The normalized spacial score (nSPS) is 10.5. The van der Waals surface area contributed by atoms with Gasteiger partial charge in [0.25, 0.3) is 0 Å². The van der Waals surface area contributed by atoms with Gasteiger partial charge < -0.3 is 10.1 Å². The highest BCUT2D eigenvalue weighted by atomic mass is 32.1. The maximum Gasteiger partial charge on any atom is 0.339 e. The quantitative estimate of drug-likeness (QED) is 0.619. The summed E-state index contributed by atoms with van der Waals surface area (Å²) in [4.78, 5) is 37.8. The van der Waals surface area contributed by atoms with Crippen LogP contribution >= 0.6 is 11.3 Å². The molecule has 0 aliphatic carbocycles. The highest BCUT2D eigenvalue weighted by Crippen LogP contribution is 2.38. The zero-order valence-corrected chi connectivity index (χ0v) is 17.4. The summed E-state index contributed by atoms with van der Waals surface area (Å²) >= 11 is 1.55. The number of nitrogens with zero attached hydrogens (tertiary/aromatic N) is 3. The number of aromatic nitrogens is 3. The minimum Gasteiger partial charge on any atom is -0.465 e. The van der Waals surface area contributed by atoms with Crippen molar-refractivity contribution in [3.05, 3.63) is 47.0 Å². The van der Waals surface area contributed by atoms with Crippen molar-refractivity contribution in [1.82, 2.24) is 20.3 Å². The van der Waals surface area contributed by atoms with E-state index in [9.17, 15) is 9.59 Å². The van der Waals surface area contributed by atoms with Crippen molar-refractivity contribution >= 4 is 29.2 Å². The predicted octanol–water partition coefficient (Wildman–Crippen LogP) is 3.81. The van der Waals surface area contributed by atoms with Gasteiger partial charge >= 0.3 is 12.0 Å². The molecule has 29 heavy (non-hydrogen) atoms. The van der Waals surface area contributed by atoms with Crippen LogP contribution in [0.25, 0.3) is 21.6 Å². The number of nitrogens with one attached hydrogen (secondary N) is 2. The molecule has 150 valence electrons. The number of hydrogen-bond donors (Lipinski definition) is 2. The first-order valence-electron chi connectivity index (χ1n) is 8.96. The first-order chi connectivity index (χ1) is 13.9. The molecule has 2 N–H and O–H groups in total. The number of anilines is 1. The summed E-state index contributed by atoms with van der Waals surface area (Å²) in [5.74, 6) is -0.0505. The summed E-state index contributed by atoms with van der Waals surface area (Å²) in [5, 5.41) is 6.34. The number of ether oxygens (including phenoxy) is 1. The highest BCUT2D eigenvalue weighted by Gasteiger charge is 2.17. The van der Waals surface area contributed by atoms with Crippen LogP contribution in [-0.4, -0.2) is 40.6 Å². The van der Waals surface area contributed by atoms with E-state index in [0.717, 1.165) is 26.7 Å². The smallest absolute Gasteiger partial charge is 0.339 e. The van der Waals surface area contributed by atoms with Crippen LogP contribution in [-0.2, 0) is 4.74 Å². The highest BCUT2D eigenvalue weighted by molar-refractivity contribution is 7.15. The molecule has 0 saturated carbocycles. The third-order valence-electron chi connectivity index (χ3n) is 4.10. The maximum atomic E-state index is 11.9. The zero-order valence-electron chi connectivity index (χ0n) is 16.6. The topological polar surface area (TPSA) is 106 Å². The van der Waals surface area contributed by atoms with Crippen LogP contribution in [0.3, 0.4) is 0 Å². The van der Waals surface area contributed by atoms with Crippen LogP contribution in [0, 0.1) is 13.8 Å². The molecule has 0 atom stereocenters. The molecule has 0 saturated heterocycles. The summed E-state index contributed by atoms with van der Waals surface area (Å²) in [6, 6.07) is 3.18. The van der Waals surface area contributed by atoms with E-state index in [-0.39, 0.29) is 6.03 Å². The van der Waals surface area contributed by atoms with Crippen LogP contribution in [0.15, 0.2) is 30.7 Å². The molecule has 3 aromatic heterocycles. The molecule has 0 aliphatic heterocycles. The number of hydrogen-bond acceptors (Lipinski definition) is 7. The van der Waals surface area contributed by atoms with E-state index < -0.39 is 5.97 Å². The lowest BCUT2D eigenvalue weighted by Crippen LogP contribution is -2.28. The third-order valence-corrected chi connectivity index (χ3v) is 5.21. The van der Waals surface area contributed by atoms with E-state index >= 15 is 0 Å². The summed E-state index contributed by atoms with van der Waals surface area (Å²) in [6.07, 6.45) is 4.77. The van der Waals surface area contributed by atoms with Gasteiger partial charge in [-0.2, -0.15) is 0 Å². The maximum absolute atomic E-state index is 11.9. The lowest BCUT2D eigenvalue weighted by Gasteiger charge is -2.12. The van der Waals surface area contributed by atoms with Gasteiger partial charge in [-0.05, 0) is 32.9 Å². The van der Waals surface area contributed by atoms with Crippen LogP contribution in [0.4, 0.5) is 10.6 Å². The standard InChI is InChI=1S/C20H21N5O3S/c1-5-22-20(27)25-17-7-15(18-11(2)24-12(3)29-18)16(10-23-17)13-6-14(9-21-8-13)19(26)28-4/h6-10H,5H2,1-4H3,(H2,22,23,25,27). The lowest BCUT2D eigenvalue weighted by molar-refractivity contribution is 0.0600. The molecule has 3 heterocycles. The number of amides is 2. The Morgan fingerprint density at radius 3 is 2.59 bits per heavy atom. The second kappa shape index (κ2) is 8.78. The number of aryl methyl sites for hydroxylation is 2. The van der Waals surface area contributed by atoms with Crippen molar-refractivity contribution in [1.29, 1.82) is 0 Å². The fraction of sp³-hybridized carbons (Fsp3) is 0.250. The number of methoxy groups -OCH3 is 1. The van der Waals surface area contributed by atoms with Gasteiger partial charge in [-0.1, -0.05) is 0 Å². The molecule has 2 amide bonds. The van der Waals surface area contributed by atoms with Crippen LogP contribution in [0.2, 0.25) is 0 Å². The molecule has 0 bridgehead atoms. The van der Waals surface area contributed by atoms with Crippen LogP contribution in [0.5, 0.6) is 0 Å². The number of urea groups is 1. The van der Waals surface area contributed by atoms with E-state index in [0.29, 0.717) is 23.5 Å². The first kappa shape index (κ1) is 20.4. The van der Waals surface area contributed by atoms with Gasteiger partial charge in [0.2, 0.25) is 0 Å². The minimum atomic E-state index is -0.465. The Hall–Kier alpha value is -3.33. The summed E-state index contributed by atoms with van der Waals surface area (Å²) in [5.41, 5.74) is 3.55. The Morgan fingerprint density at radius 2 is 1.93 bits per heavy atom. The molecule has 9 heteroatoms. The van der Waals surface area contributed by atoms with Crippen molar-refractivity contribution in [2.24, 2.45) is 0 Å². The number of carbonyl (C=O) groups excluding carboxylic acids is 2. The van der Waals surface area contributed by atoms with Gasteiger partial charge in [0.05, 0.1) is 28.3 Å². The average molecular weight is 411 g/mol. The van der Waals surface area contributed by atoms with E-state index in [4.69, 9.17) is 4.74 Å². The van der Waals surface area contributed by atoms with Crippen molar-refractivity contribution in [2.45, 2.75) is 20.8 Å². The van der Waals surface area contributed by atoms with Crippen molar-refractivity contribution in [3.8, 4) is 21.6 Å². The second-order valence-corrected chi connectivity index (χ2v) is 7.40. The number of rotatable bonds is 5. The molecule has 0 aromatic carbocycles. The molecule has 0 radical (unpaired) electrons. The van der Waals surface area contributed by atoms with Crippen LogP contribution < -0.4 is 10.6 Å². The number of pyridine rings is 2. The van der Waals surface area contributed by atoms with E-state index in [1.54, 1.807) is 35.9 Å². The Balaban J connectivity index is 2.12. The van der Waals surface area contributed by atoms with Gasteiger partial charge in [-0.15, -0.1) is 11.3 Å². The summed E-state index contributed by atoms with van der Waals surface area (Å²) in [6.45, 7) is 6.22. The number of carbonyl (C=O) groups is 2. The van der Waals surface area contributed by atoms with Gasteiger partial charge in [-0.3, -0.25) is 10.3 Å². The molecule has 0 spiro atoms. The van der Waals surface area contributed by atoms with Crippen molar-refractivity contribution in [2.75, 3.05) is 19.0 Å². The molecular weight excluding hydrogens is 390 g/mol. The fourth-order valence-electron chi connectivity index (χ4n) is 2.86. The third kappa shape index (κ3) is 4.57. The molecule has 3 aromatic rings. The van der Waals surface area contributed by atoms with E-state index in [1.807, 2.05) is 20.8 Å². The minimum absolute atomic E-state index is 0.328. The van der Waals surface area contributed by atoms with E-state index in [2.05, 4.69) is 25.6 Å². The molecule has 3 rings (SSSR count). The second-order valence-electron chi connectivity index (χ2n) is 6.20. The number of esters is 1. The molecular formula is C20H21N5O3S. The van der Waals surface area contributed by atoms with Gasteiger partial charge in [0, 0.05) is 41.8 Å². The fourth-order valence-corrected chi connectivity index (χ4v) is 3.81. The Bertz CT molecular complexity index is 1060.